The van der Waals surface area contributed by atoms with Gasteiger partial charge in [0.15, 0.2) is 0 Å². The second kappa shape index (κ2) is 10.1. The molecule has 1 aliphatic heterocycles. The molecule has 34 heavy (non-hydrogen) atoms. The summed E-state index contributed by atoms with van der Waals surface area (Å²) < 4.78 is 5.58. The molecule has 4 aromatic rings. The predicted octanol–water partition coefficient (Wildman–Crippen LogP) is 3.52. The van der Waals surface area contributed by atoms with Crippen molar-refractivity contribution in [1.82, 2.24) is 30.2 Å². The van der Waals surface area contributed by atoms with Crippen molar-refractivity contribution < 1.29 is 9.53 Å². The van der Waals surface area contributed by atoms with Gasteiger partial charge in [0.2, 0.25) is 5.88 Å². The van der Waals surface area contributed by atoms with Crippen molar-refractivity contribution >= 4 is 17.2 Å². The van der Waals surface area contributed by atoms with Crippen molar-refractivity contribution in [3.05, 3.63) is 72.4 Å². The number of benzene rings is 1. The Kier molecular flexibility index (Phi) is 6.60. The number of imidazole rings is 1. The third-order valence-corrected chi connectivity index (χ3v) is 6.40. The Labute approximate surface area is 198 Å². The molecule has 8 nitrogen and oxygen atoms in total. The summed E-state index contributed by atoms with van der Waals surface area (Å²) in [7, 11) is 1.63. The molecule has 1 saturated heterocycles. The number of fused-ring (bicyclic) bond motifs is 1. The first-order valence-corrected chi connectivity index (χ1v) is 11.5. The van der Waals surface area contributed by atoms with E-state index in [1.807, 2.05) is 54.9 Å². The van der Waals surface area contributed by atoms with Gasteiger partial charge < -0.3 is 19.8 Å². The number of carbonyl (C=O) groups excluding carboxylic acids is 1. The van der Waals surface area contributed by atoms with Crippen LogP contribution in [0.3, 0.4) is 0 Å². The highest BCUT2D eigenvalue weighted by Crippen LogP contribution is 2.34. The molecule has 0 bridgehead atoms. The zero-order valence-electron chi connectivity index (χ0n) is 19.1. The van der Waals surface area contributed by atoms with Gasteiger partial charge in [0.05, 0.1) is 48.4 Å². The summed E-state index contributed by atoms with van der Waals surface area (Å²) in [5.41, 5.74) is 3.61. The van der Waals surface area contributed by atoms with Gasteiger partial charge in [0.1, 0.15) is 12.1 Å². The minimum Gasteiger partial charge on any atom is -0.480 e. The third-order valence-electron chi connectivity index (χ3n) is 6.40. The molecule has 1 aromatic carbocycles. The normalized spacial score (nSPS) is 18.7. The van der Waals surface area contributed by atoms with Gasteiger partial charge in [-0.3, -0.25) is 9.88 Å². The van der Waals surface area contributed by atoms with Gasteiger partial charge in [-0.15, -0.1) is 0 Å². The van der Waals surface area contributed by atoms with E-state index in [0.717, 1.165) is 65.9 Å². The summed E-state index contributed by atoms with van der Waals surface area (Å²) in [6.45, 7) is 1.92. The van der Waals surface area contributed by atoms with E-state index in [4.69, 9.17) is 9.72 Å². The van der Waals surface area contributed by atoms with Gasteiger partial charge >= 0.3 is 0 Å². The number of rotatable bonds is 8. The Morgan fingerprint density at radius 2 is 2.09 bits per heavy atom. The first-order chi connectivity index (χ1) is 16.7. The number of aldehydes is 1. The number of para-hydroxylation sites is 1. The van der Waals surface area contributed by atoms with E-state index >= 15 is 0 Å². The minimum absolute atomic E-state index is 0.00773. The Hall–Kier alpha value is -3.62. The highest BCUT2D eigenvalue weighted by Gasteiger charge is 2.31. The summed E-state index contributed by atoms with van der Waals surface area (Å²) in [6.07, 6.45) is 6.42. The van der Waals surface area contributed by atoms with Gasteiger partial charge in [-0.2, -0.15) is 0 Å². The number of hydrogen-bond acceptors (Lipinski definition) is 7. The van der Waals surface area contributed by atoms with Crippen LogP contribution in [0.1, 0.15) is 30.4 Å². The number of carbonyl (C=O) groups is 1. The maximum Gasteiger partial charge on any atom is 0.223 e. The summed E-state index contributed by atoms with van der Waals surface area (Å²) >= 11 is 0. The lowest BCUT2D eigenvalue weighted by molar-refractivity contribution is -0.109. The van der Waals surface area contributed by atoms with Crippen molar-refractivity contribution in [3.63, 3.8) is 0 Å². The zero-order chi connectivity index (χ0) is 23.3. The monoisotopic (exact) mass is 456 g/mol. The molecule has 0 radical (unpaired) electrons. The maximum absolute atomic E-state index is 11.4. The van der Waals surface area contributed by atoms with Crippen molar-refractivity contribution in [1.29, 1.82) is 0 Å². The molecule has 0 saturated carbocycles. The molecule has 174 valence electrons. The van der Waals surface area contributed by atoms with Gasteiger partial charge in [0, 0.05) is 30.7 Å². The number of likely N-dealkylation sites (tertiary alicyclic amines) is 1. The summed E-state index contributed by atoms with van der Waals surface area (Å²) in [5.74, 6) is 1.40. The van der Waals surface area contributed by atoms with E-state index in [-0.39, 0.29) is 6.04 Å². The number of ether oxygens (including phenoxy) is 1. The molecular weight excluding hydrogens is 428 g/mol. The highest BCUT2D eigenvalue weighted by molar-refractivity contribution is 5.85. The van der Waals surface area contributed by atoms with Crippen LogP contribution in [0.25, 0.3) is 22.2 Å². The zero-order valence-corrected chi connectivity index (χ0v) is 19.1. The number of H-pyrrole nitrogens is 1. The van der Waals surface area contributed by atoms with Crippen molar-refractivity contribution in [3.8, 4) is 17.1 Å². The smallest absolute Gasteiger partial charge is 0.223 e. The molecule has 0 aliphatic carbocycles. The van der Waals surface area contributed by atoms with Gasteiger partial charge in [0.25, 0.3) is 0 Å². The topological polar surface area (TPSA) is 96.0 Å². The minimum atomic E-state index is 0.00773. The summed E-state index contributed by atoms with van der Waals surface area (Å²) in [4.78, 5) is 30.8. The van der Waals surface area contributed by atoms with Crippen LogP contribution in [0, 0.1) is 0 Å². The van der Waals surface area contributed by atoms with Crippen LogP contribution in [0.2, 0.25) is 0 Å². The molecule has 2 N–H and O–H groups in total. The predicted molar refractivity (Wildman–Crippen MR) is 130 cm³/mol. The molecule has 8 heteroatoms. The first kappa shape index (κ1) is 22.2. The van der Waals surface area contributed by atoms with E-state index in [9.17, 15) is 4.79 Å². The Morgan fingerprint density at radius 1 is 1.21 bits per heavy atom. The molecule has 2 atom stereocenters. The number of nitrogens with one attached hydrogen (secondary N) is 2. The van der Waals surface area contributed by atoms with Gasteiger partial charge in [-0.25, -0.2) is 9.97 Å². The quantitative estimate of drug-likeness (QED) is 0.392. The largest absolute Gasteiger partial charge is 0.480 e. The van der Waals surface area contributed by atoms with Crippen LogP contribution in [-0.4, -0.2) is 57.4 Å². The van der Waals surface area contributed by atoms with E-state index in [2.05, 4.69) is 31.2 Å². The van der Waals surface area contributed by atoms with Crippen LogP contribution >= 0.6 is 0 Å². The van der Waals surface area contributed by atoms with Crippen LogP contribution in [-0.2, 0) is 11.3 Å². The number of hydrogen-bond donors (Lipinski definition) is 2. The van der Waals surface area contributed by atoms with Crippen LogP contribution in [0.15, 0.2) is 60.9 Å². The molecule has 0 spiro atoms. The van der Waals surface area contributed by atoms with Crippen molar-refractivity contribution in [2.24, 2.45) is 0 Å². The van der Waals surface area contributed by atoms with Crippen LogP contribution in [0.5, 0.6) is 5.88 Å². The standard InChI is InChI=1S/C26H28N6O2/c1-34-26-21(14-18-6-2-3-8-22(18)31-26)23-17-29-25(30-23)24-15-19(9-11-32(24)12-13-33)28-16-20-7-4-5-10-27-20/h2-8,10,13-14,17,19,24,28H,9,11-12,15-16H2,1H3,(H,29,30)/t19-,24-/m0/s1. The lowest BCUT2D eigenvalue weighted by atomic mass is 9.96. The fourth-order valence-corrected chi connectivity index (χ4v) is 4.64. The average Bonchev–Trinajstić information content (AvgIpc) is 3.38. The van der Waals surface area contributed by atoms with Crippen molar-refractivity contribution in [2.75, 3.05) is 20.2 Å². The summed E-state index contributed by atoms with van der Waals surface area (Å²) in [5, 5.41) is 4.66. The summed E-state index contributed by atoms with van der Waals surface area (Å²) in [6, 6.07) is 16.3. The molecule has 1 fully saturated rings. The molecule has 5 rings (SSSR count). The fraction of sp³-hybridized carbons (Fsp3) is 0.308. The molecule has 3 aromatic heterocycles. The molecule has 1 aliphatic rings. The van der Waals surface area contributed by atoms with E-state index < -0.39 is 0 Å². The number of aromatic nitrogens is 4. The Bertz CT molecular complexity index is 1260. The number of pyridine rings is 2. The molecule has 0 unspecified atom stereocenters. The fourth-order valence-electron chi connectivity index (χ4n) is 4.64. The van der Waals surface area contributed by atoms with E-state index in [1.165, 1.54) is 0 Å². The van der Waals surface area contributed by atoms with Gasteiger partial charge in [-0.1, -0.05) is 24.3 Å². The second-order valence-corrected chi connectivity index (χ2v) is 8.52. The average molecular weight is 457 g/mol. The first-order valence-electron chi connectivity index (χ1n) is 11.5. The third kappa shape index (κ3) is 4.69. The van der Waals surface area contributed by atoms with E-state index in [0.29, 0.717) is 18.5 Å². The van der Waals surface area contributed by atoms with Crippen molar-refractivity contribution in [2.45, 2.75) is 31.5 Å². The van der Waals surface area contributed by atoms with Crippen LogP contribution in [0.4, 0.5) is 0 Å². The highest BCUT2D eigenvalue weighted by atomic mass is 16.5. The second-order valence-electron chi connectivity index (χ2n) is 8.52. The molecule has 4 heterocycles. The lowest BCUT2D eigenvalue weighted by Crippen LogP contribution is -2.45. The molecular formula is C26H28N6O2. The number of methoxy groups -OCH3 is 1. The van der Waals surface area contributed by atoms with Gasteiger partial charge in [-0.05, 0) is 37.1 Å². The Morgan fingerprint density at radius 3 is 2.91 bits per heavy atom. The molecule has 0 amide bonds. The number of nitrogens with zero attached hydrogens (tertiary/aromatic N) is 4. The van der Waals surface area contributed by atoms with E-state index in [1.54, 1.807) is 7.11 Å². The lowest BCUT2D eigenvalue weighted by Gasteiger charge is -2.37. The maximum atomic E-state index is 11.4. The van der Waals surface area contributed by atoms with Crippen LogP contribution < -0.4 is 10.1 Å². The SMILES string of the molecule is COc1nc2ccccc2cc1-c1cnc([C@@H]2C[C@@H](NCc3ccccn3)CCN2CC=O)[nH]1. The number of aromatic amines is 1. The number of piperidine rings is 1. The Balaban J connectivity index is 1.39.